The molecule has 6 heteroatoms. The lowest BCUT2D eigenvalue weighted by Crippen LogP contribution is -2.28. The number of pyridine rings is 1. The highest BCUT2D eigenvalue weighted by molar-refractivity contribution is 5.22. The quantitative estimate of drug-likeness (QED) is 0.882. The van der Waals surface area contributed by atoms with Gasteiger partial charge in [-0.25, -0.2) is 8.78 Å². The van der Waals surface area contributed by atoms with E-state index in [1.807, 2.05) is 17.0 Å². The Morgan fingerprint density at radius 2 is 1.92 bits per heavy atom. The zero-order valence-corrected chi connectivity index (χ0v) is 13.2. The molecule has 2 atom stereocenters. The predicted molar refractivity (Wildman–Crippen MR) is 85.2 cm³/mol. The van der Waals surface area contributed by atoms with E-state index in [-0.39, 0.29) is 18.2 Å². The fourth-order valence-electron chi connectivity index (χ4n) is 2.96. The van der Waals surface area contributed by atoms with Crippen molar-refractivity contribution in [2.24, 2.45) is 0 Å². The third-order valence-corrected chi connectivity index (χ3v) is 4.23. The molecule has 1 aromatic carbocycles. The van der Waals surface area contributed by atoms with Gasteiger partial charge in [-0.1, -0.05) is 6.07 Å². The SMILES string of the molecule is OC(CN1CCC(OCc2ccncc2)C1)c1c(F)cccc1F. The number of rotatable bonds is 6. The molecule has 1 N–H and O–H groups in total. The second kappa shape index (κ2) is 7.79. The van der Waals surface area contributed by atoms with E-state index in [9.17, 15) is 13.9 Å². The van der Waals surface area contributed by atoms with Crippen LogP contribution in [0.3, 0.4) is 0 Å². The minimum Gasteiger partial charge on any atom is -0.387 e. The first-order valence-corrected chi connectivity index (χ1v) is 7.98. The third kappa shape index (κ3) is 4.14. The monoisotopic (exact) mass is 334 g/mol. The summed E-state index contributed by atoms with van der Waals surface area (Å²) >= 11 is 0. The highest BCUT2D eigenvalue weighted by Gasteiger charge is 2.27. The third-order valence-electron chi connectivity index (χ3n) is 4.23. The van der Waals surface area contributed by atoms with Crippen molar-refractivity contribution in [1.29, 1.82) is 0 Å². The van der Waals surface area contributed by atoms with Crippen LogP contribution in [0.15, 0.2) is 42.7 Å². The molecule has 2 heterocycles. The molecular formula is C18H20F2N2O2. The molecule has 2 unspecified atom stereocenters. The minimum atomic E-state index is -1.19. The van der Waals surface area contributed by atoms with E-state index in [1.165, 1.54) is 6.07 Å². The number of nitrogens with zero attached hydrogens (tertiary/aromatic N) is 2. The van der Waals surface area contributed by atoms with Gasteiger partial charge < -0.3 is 9.84 Å². The number of ether oxygens (including phenoxy) is 1. The molecule has 0 amide bonds. The van der Waals surface area contributed by atoms with Crippen molar-refractivity contribution in [2.45, 2.75) is 25.2 Å². The molecule has 128 valence electrons. The summed E-state index contributed by atoms with van der Waals surface area (Å²) in [6, 6.07) is 7.41. The van der Waals surface area contributed by atoms with Crippen molar-refractivity contribution in [3.8, 4) is 0 Å². The largest absolute Gasteiger partial charge is 0.387 e. The number of aliphatic hydroxyl groups is 1. The van der Waals surface area contributed by atoms with Gasteiger partial charge in [0.05, 0.1) is 24.4 Å². The number of β-amino-alcohol motifs (C(OH)–C–C–N with tert-alkyl or cyclic N) is 1. The van der Waals surface area contributed by atoms with Gasteiger partial charge in [-0.05, 0) is 36.2 Å². The Balaban J connectivity index is 1.51. The van der Waals surface area contributed by atoms with Crippen LogP contribution in [0.5, 0.6) is 0 Å². The molecule has 0 aliphatic carbocycles. The zero-order chi connectivity index (χ0) is 16.9. The van der Waals surface area contributed by atoms with Gasteiger partial charge in [0, 0.05) is 32.0 Å². The van der Waals surface area contributed by atoms with Gasteiger partial charge in [0.1, 0.15) is 11.6 Å². The summed E-state index contributed by atoms with van der Waals surface area (Å²) in [5, 5.41) is 10.2. The van der Waals surface area contributed by atoms with Crippen LogP contribution in [-0.4, -0.2) is 40.7 Å². The van der Waals surface area contributed by atoms with Gasteiger partial charge in [0.25, 0.3) is 0 Å². The minimum absolute atomic E-state index is 0.0517. The molecule has 1 fully saturated rings. The lowest BCUT2D eigenvalue weighted by atomic mass is 10.1. The zero-order valence-electron chi connectivity index (χ0n) is 13.2. The Kier molecular flexibility index (Phi) is 5.50. The number of aromatic nitrogens is 1. The molecule has 3 rings (SSSR count). The topological polar surface area (TPSA) is 45.6 Å². The van der Waals surface area contributed by atoms with Crippen molar-refractivity contribution in [2.75, 3.05) is 19.6 Å². The summed E-state index contributed by atoms with van der Waals surface area (Å²) in [5.41, 5.74) is 0.788. The molecule has 24 heavy (non-hydrogen) atoms. The first-order valence-electron chi connectivity index (χ1n) is 7.98. The van der Waals surface area contributed by atoms with Crippen LogP contribution in [-0.2, 0) is 11.3 Å². The van der Waals surface area contributed by atoms with Gasteiger partial charge in [-0.2, -0.15) is 0 Å². The van der Waals surface area contributed by atoms with E-state index in [4.69, 9.17) is 4.74 Å². The Morgan fingerprint density at radius 3 is 2.62 bits per heavy atom. The highest BCUT2D eigenvalue weighted by Crippen LogP contribution is 2.24. The number of benzene rings is 1. The number of likely N-dealkylation sites (tertiary alicyclic amines) is 1. The Labute approximate surface area is 139 Å². The standard InChI is InChI=1S/C18H20F2N2O2/c19-15-2-1-3-16(20)18(15)17(23)11-22-9-6-14(10-22)24-12-13-4-7-21-8-5-13/h1-5,7-8,14,17,23H,6,9-12H2. The average molecular weight is 334 g/mol. The van der Waals surface area contributed by atoms with Crippen LogP contribution >= 0.6 is 0 Å². The number of aliphatic hydroxyl groups excluding tert-OH is 1. The average Bonchev–Trinajstić information content (AvgIpc) is 3.01. The lowest BCUT2D eigenvalue weighted by Gasteiger charge is -2.21. The molecule has 4 nitrogen and oxygen atoms in total. The molecule has 1 aliphatic rings. The maximum Gasteiger partial charge on any atom is 0.131 e. The predicted octanol–water partition coefficient (Wildman–Crippen LogP) is 2.68. The normalized spacial score (nSPS) is 19.5. The van der Waals surface area contributed by atoms with Gasteiger partial charge in [-0.15, -0.1) is 0 Å². The van der Waals surface area contributed by atoms with Gasteiger partial charge in [0.2, 0.25) is 0 Å². The smallest absolute Gasteiger partial charge is 0.131 e. The Morgan fingerprint density at radius 1 is 1.21 bits per heavy atom. The summed E-state index contributed by atoms with van der Waals surface area (Å²) in [7, 11) is 0. The van der Waals surface area contributed by atoms with Crippen LogP contribution in [0, 0.1) is 11.6 Å². The van der Waals surface area contributed by atoms with Gasteiger partial charge >= 0.3 is 0 Å². The van der Waals surface area contributed by atoms with E-state index in [0.29, 0.717) is 13.2 Å². The van der Waals surface area contributed by atoms with E-state index < -0.39 is 17.7 Å². The lowest BCUT2D eigenvalue weighted by molar-refractivity contribution is 0.0412. The van der Waals surface area contributed by atoms with Gasteiger partial charge in [-0.3, -0.25) is 9.88 Å². The summed E-state index contributed by atoms with van der Waals surface area (Å²) < 4.78 is 33.3. The van der Waals surface area contributed by atoms with Crippen LogP contribution in [0.25, 0.3) is 0 Å². The first-order chi connectivity index (χ1) is 11.6. The molecule has 0 bridgehead atoms. The van der Waals surface area contributed by atoms with E-state index in [1.54, 1.807) is 12.4 Å². The highest BCUT2D eigenvalue weighted by atomic mass is 19.1. The summed E-state index contributed by atoms with van der Waals surface area (Å²) in [6.07, 6.45) is 3.14. The van der Waals surface area contributed by atoms with Crippen molar-refractivity contribution in [1.82, 2.24) is 9.88 Å². The molecule has 0 spiro atoms. The molecule has 1 saturated heterocycles. The summed E-state index contributed by atoms with van der Waals surface area (Å²) in [5.74, 6) is -1.43. The van der Waals surface area contributed by atoms with Crippen molar-refractivity contribution >= 4 is 0 Å². The molecule has 0 radical (unpaired) electrons. The Hall–Kier alpha value is -1.89. The molecule has 2 aromatic rings. The second-order valence-corrected chi connectivity index (χ2v) is 5.99. The van der Waals surface area contributed by atoms with Crippen LogP contribution in [0.1, 0.15) is 23.7 Å². The molecular weight excluding hydrogens is 314 g/mol. The van der Waals surface area contributed by atoms with E-state index in [2.05, 4.69) is 4.98 Å². The number of halogens is 2. The van der Waals surface area contributed by atoms with Crippen molar-refractivity contribution in [3.05, 3.63) is 65.5 Å². The first kappa shape index (κ1) is 17.0. The van der Waals surface area contributed by atoms with Gasteiger partial charge in [0.15, 0.2) is 0 Å². The summed E-state index contributed by atoms with van der Waals surface area (Å²) in [4.78, 5) is 5.93. The molecule has 1 aliphatic heterocycles. The number of hydrogen-bond donors (Lipinski definition) is 1. The Bertz CT molecular complexity index is 649. The maximum absolute atomic E-state index is 13.7. The fraction of sp³-hybridized carbons (Fsp3) is 0.389. The molecule has 1 aromatic heterocycles. The van der Waals surface area contributed by atoms with E-state index in [0.717, 1.165) is 30.7 Å². The summed E-state index contributed by atoms with van der Waals surface area (Å²) in [6.45, 7) is 2.06. The van der Waals surface area contributed by atoms with Crippen molar-refractivity contribution < 1.29 is 18.6 Å². The molecule has 0 saturated carbocycles. The maximum atomic E-state index is 13.7. The fourth-order valence-corrected chi connectivity index (χ4v) is 2.96. The van der Waals surface area contributed by atoms with Crippen LogP contribution in [0.2, 0.25) is 0 Å². The number of hydrogen-bond acceptors (Lipinski definition) is 4. The van der Waals surface area contributed by atoms with E-state index >= 15 is 0 Å². The van der Waals surface area contributed by atoms with Crippen LogP contribution in [0.4, 0.5) is 8.78 Å². The van der Waals surface area contributed by atoms with Crippen molar-refractivity contribution in [3.63, 3.8) is 0 Å². The van der Waals surface area contributed by atoms with Crippen LogP contribution < -0.4 is 0 Å². The second-order valence-electron chi connectivity index (χ2n) is 5.99.